The van der Waals surface area contributed by atoms with Gasteiger partial charge in [-0.25, -0.2) is 8.42 Å². The molecule has 0 aliphatic carbocycles. The molecule has 0 N–H and O–H groups in total. The second-order valence-corrected chi connectivity index (χ2v) is 7.35. The molecule has 6 heteroatoms. The monoisotopic (exact) mass is 320 g/mol. The van der Waals surface area contributed by atoms with E-state index in [1.54, 1.807) is 0 Å². The molecule has 0 aliphatic rings. The lowest BCUT2D eigenvalue weighted by molar-refractivity contribution is 0.111. The summed E-state index contributed by atoms with van der Waals surface area (Å²) in [6.45, 7) is 2.98. The van der Waals surface area contributed by atoms with Crippen LogP contribution in [0.3, 0.4) is 0 Å². The van der Waals surface area contributed by atoms with Crippen LogP contribution in [0.5, 0.6) is 5.75 Å². The molecule has 1 aromatic rings. The molecule has 0 saturated carbocycles. The molecular weight excluding hydrogens is 300 g/mol. The van der Waals surface area contributed by atoms with Gasteiger partial charge in [0.15, 0.2) is 0 Å². The third kappa shape index (κ3) is 8.40. The van der Waals surface area contributed by atoms with E-state index in [-0.39, 0.29) is 12.4 Å². The van der Waals surface area contributed by atoms with Crippen LogP contribution in [0.2, 0.25) is 0 Å². The molecule has 0 spiro atoms. The van der Waals surface area contributed by atoms with Crippen LogP contribution >= 0.6 is 10.7 Å². The summed E-state index contributed by atoms with van der Waals surface area (Å²) >= 11 is 0. The van der Waals surface area contributed by atoms with E-state index < -0.39 is 9.05 Å². The van der Waals surface area contributed by atoms with Crippen molar-refractivity contribution in [1.29, 1.82) is 0 Å². The van der Waals surface area contributed by atoms with Gasteiger partial charge < -0.3 is 9.47 Å². The van der Waals surface area contributed by atoms with Gasteiger partial charge in [-0.1, -0.05) is 25.5 Å². The smallest absolute Gasteiger partial charge is 0.234 e. The van der Waals surface area contributed by atoms with E-state index >= 15 is 0 Å². The Morgan fingerprint density at radius 2 is 1.80 bits per heavy atom. The highest BCUT2D eigenvalue weighted by atomic mass is 35.7. The molecule has 4 nitrogen and oxygen atoms in total. The van der Waals surface area contributed by atoms with Crippen molar-refractivity contribution in [2.75, 3.05) is 25.6 Å². The van der Waals surface area contributed by atoms with Crippen molar-refractivity contribution < 1.29 is 17.9 Å². The quantitative estimate of drug-likeness (QED) is 0.491. The zero-order chi connectivity index (χ0) is 14.8. The highest BCUT2D eigenvalue weighted by Crippen LogP contribution is 2.13. The van der Waals surface area contributed by atoms with E-state index in [0.29, 0.717) is 13.2 Å². The van der Waals surface area contributed by atoms with Gasteiger partial charge in [-0.2, -0.15) is 0 Å². The van der Waals surface area contributed by atoms with Crippen molar-refractivity contribution in [3.05, 3.63) is 29.8 Å². The Labute approximate surface area is 125 Å². The van der Waals surface area contributed by atoms with Crippen LogP contribution in [0.25, 0.3) is 0 Å². The Kier molecular flexibility index (Phi) is 7.95. The van der Waals surface area contributed by atoms with Crippen molar-refractivity contribution in [1.82, 2.24) is 0 Å². The molecule has 0 aromatic heterocycles. The Morgan fingerprint density at radius 1 is 1.10 bits per heavy atom. The predicted molar refractivity (Wildman–Crippen MR) is 81.0 cm³/mol. The van der Waals surface area contributed by atoms with Crippen LogP contribution in [-0.4, -0.2) is 34.0 Å². The maximum Gasteiger partial charge on any atom is 0.234 e. The van der Waals surface area contributed by atoms with Crippen molar-refractivity contribution >= 4 is 19.7 Å². The average Bonchev–Trinajstić information content (AvgIpc) is 2.40. The van der Waals surface area contributed by atoms with Gasteiger partial charge in [0.05, 0.1) is 19.0 Å². The zero-order valence-corrected chi connectivity index (χ0v) is 13.3. The third-order valence-electron chi connectivity index (χ3n) is 2.71. The van der Waals surface area contributed by atoms with Crippen LogP contribution in [0.15, 0.2) is 24.3 Å². The van der Waals surface area contributed by atoms with E-state index in [4.69, 9.17) is 20.2 Å². The number of aryl methyl sites for hydroxylation is 1. The molecule has 0 bridgehead atoms. The van der Waals surface area contributed by atoms with Crippen molar-refractivity contribution in [3.63, 3.8) is 0 Å². The van der Waals surface area contributed by atoms with Crippen LogP contribution in [-0.2, 0) is 20.2 Å². The van der Waals surface area contributed by atoms with E-state index in [0.717, 1.165) is 12.2 Å². The fourth-order valence-electron chi connectivity index (χ4n) is 1.61. The topological polar surface area (TPSA) is 52.6 Å². The fraction of sp³-hybridized carbons (Fsp3) is 0.571. The minimum absolute atomic E-state index is 0.0884. The molecule has 0 saturated heterocycles. The molecule has 0 atom stereocenters. The van der Waals surface area contributed by atoms with Crippen LogP contribution in [0.1, 0.15) is 25.3 Å². The lowest BCUT2D eigenvalue weighted by atomic mass is 10.1. The van der Waals surface area contributed by atoms with Gasteiger partial charge in [0.25, 0.3) is 0 Å². The van der Waals surface area contributed by atoms with Gasteiger partial charge in [-0.3, -0.25) is 0 Å². The Bertz CT molecular complexity index is 470. The zero-order valence-electron chi connectivity index (χ0n) is 11.7. The first kappa shape index (κ1) is 17.3. The molecule has 20 heavy (non-hydrogen) atoms. The molecule has 1 aromatic carbocycles. The Balaban J connectivity index is 2.16. The van der Waals surface area contributed by atoms with Gasteiger partial charge in [-0.05, 0) is 30.5 Å². The summed E-state index contributed by atoms with van der Waals surface area (Å²) in [5.41, 5.74) is 1.31. The van der Waals surface area contributed by atoms with Crippen LogP contribution in [0.4, 0.5) is 0 Å². The molecule has 0 amide bonds. The second kappa shape index (κ2) is 9.21. The minimum atomic E-state index is -3.47. The summed E-state index contributed by atoms with van der Waals surface area (Å²) in [6, 6.07) is 8.00. The summed E-state index contributed by atoms with van der Waals surface area (Å²) in [5.74, 6) is 0.611. The predicted octanol–water partition coefficient (Wildman–Crippen LogP) is 2.99. The molecule has 1 rings (SSSR count). The number of hydrogen-bond acceptors (Lipinski definition) is 4. The molecule has 114 valence electrons. The van der Waals surface area contributed by atoms with Gasteiger partial charge in [0, 0.05) is 10.7 Å². The number of ether oxygens (including phenoxy) is 2. The summed E-state index contributed by atoms with van der Waals surface area (Å²) in [7, 11) is 1.58. The lowest BCUT2D eigenvalue weighted by Gasteiger charge is -2.07. The maximum atomic E-state index is 10.6. The number of halogens is 1. The number of rotatable bonds is 10. The lowest BCUT2D eigenvalue weighted by Crippen LogP contribution is -2.11. The first-order valence-corrected chi connectivity index (χ1v) is 9.21. The van der Waals surface area contributed by atoms with Crippen molar-refractivity contribution in [2.45, 2.75) is 26.2 Å². The second-order valence-electron chi connectivity index (χ2n) is 4.45. The van der Waals surface area contributed by atoms with E-state index in [1.165, 1.54) is 18.4 Å². The summed E-state index contributed by atoms with van der Waals surface area (Å²) < 4.78 is 31.9. The fourth-order valence-corrected chi connectivity index (χ4v) is 2.12. The third-order valence-corrected chi connectivity index (χ3v) is 3.83. The van der Waals surface area contributed by atoms with E-state index in [9.17, 15) is 8.42 Å². The highest BCUT2D eigenvalue weighted by molar-refractivity contribution is 8.13. The molecule has 0 aliphatic heterocycles. The number of unbranched alkanes of at least 4 members (excludes halogenated alkanes) is 1. The average molecular weight is 321 g/mol. The standard InChI is InChI=1S/C14H21ClO4S/c1-2-3-4-13-5-7-14(8-6-13)19-10-9-18-11-12-20(15,16)17/h5-8H,2-4,9-12H2,1H3. The summed E-state index contributed by atoms with van der Waals surface area (Å²) in [6.07, 6.45) is 3.47. The van der Waals surface area contributed by atoms with Crippen LogP contribution in [0, 0.1) is 0 Å². The SMILES string of the molecule is CCCCc1ccc(OCCOCCS(=O)(=O)Cl)cc1. The molecule has 0 radical (unpaired) electrons. The maximum absolute atomic E-state index is 10.6. The number of hydrogen-bond donors (Lipinski definition) is 0. The van der Waals surface area contributed by atoms with E-state index in [2.05, 4.69) is 19.1 Å². The first-order valence-electron chi connectivity index (χ1n) is 6.73. The van der Waals surface area contributed by atoms with Crippen molar-refractivity contribution in [3.8, 4) is 5.75 Å². The normalized spacial score (nSPS) is 11.5. The molecular formula is C14H21ClO4S. The van der Waals surface area contributed by atoms with Gasteiger partial charge in [-0.15, -0.1) is 0 Å². The van der Waals surface area contributed by atoms with Crippen molar-refractivity contribution in [2.24, 2.45) is 0 Å². The Morgan fingerprint density at radius 3 is 2.40 bits per heavy atom. The van der Waals surface area contributed by atoms with Gasteiger partial charge in [0.2, 0.25) is 9.05 Å². The number of benzene rings is 1. The van der Waals surface area contributed by atoms with Gasteiger partial charge >= 0.3 is 0 Å². The first-order chi connectivity index (χ1) is 9.51. The minimum Gasteiger partial charge on any atom is -0.491 e. The van der Waals surface area contributed by atoms with Crippen LogP contribution < -0.4 is 4.74 Å². The van der Waals surface area contributed by atoms with E-state index in [1.807, 2.05) is 12.1 Å². The Hall–Kier alpha value is -0.780. The summed E-state index contributed by atoms with van der Waals surface area (Å²) in [4.78, 5) is 0. The van der Waals surface area contributed by atoms with Gasteiger partial charge in [0.1, 0.15) is 12.4 Å². The largest absolute Gasteiger partial charge is 0.491 e. The molecule has 0 heterocycles. The molecule has 0 unspecified atom stereocenters. The highest BCUT2D eigenvalue weighted by Gasteiger charge is 2.04. The molecule has 0 fully saturated rings. The summed E-state index contributed by atoms with van der Waals surface area (Å²) in [5, 5.41) is 0.